The summed E-state index contributed by atoms with van der Waals surface area (Å²) in [7, 11) is 2.20. The lowest BCUT2D eigenvalue weighted by atomic mass is 9.95. The van der Waals surface area contributed by atoms with Gasteiger partial charge in [-0.1, -0.05) is 31.4 Å². The average Bonchev–Trinajstić information content (AvgIpc) is 3.12. The summed E-state index contributed by atoms with van der Waals surface area (Å²) < 4.78 is 2.46. The molecule has 1 aliphatic heterocycles. The molecule has 158 valence electrons. The highest BCUT2D eigenvalue weighted by molar-refractivity contribution is 5.78. The number of likely N-dealkylation sites (N-methyl/N-ethyl adjacent to an activating group) is 1. The molecule has 1 aromatic carbocycles. The molecule has 30 heavy (non-hydrogen) atoms. The Balaban J connectivity index is 1.42. The van der Waals surface area contributed by atoms with Crippen LogP contribution >= 0.6 is 0 Å². The zero-order valence-electron chi connectivity index (χ0n) is 17.9. The van der Waals surface area contributed by atoms with E-state index in [0.29, 0.717) is 12.0 Å². The van der Waals surface area contributed by atoms with Crippen LogP contribution in [0.5, 0.6) is 0 Å². The molecule has 1 saturated carbocycles. The first-order valence-electron chi connectivity index (χ1n) is 11.3. The summed E-state index contributed by atoms with van der Waals surface area (Å²) >= 11 is 0. The molecule has 3 aromatic rings. The predicted molar refractivity (Wildman–Crippen MR) is 123 cm³/mol. The van der Waals surface area contributed by atoms with Gasteiger partial charge in [-0.05, 0) is 43.7 Å². The van der Waals surface area contributed by atoms with E-state index in [1.165, 1.54) is 49.0 Å². The molecule has 0 spiro atoms. The number of nitrogen functional groups attached to an aromatic ring is 1. The molecule has 1 saturated heterocycles. The van der Waals surface area contributed by atoms with Gasteiger partial charge in [-0.2, -0.15) is 4.98 Å². The van der Waals surface area contributed by atoms with E-state index >= 15 is 0 Å². The third kappa shape index (κ3) is 3.88. The van der Waals surface area contributed by atoms with Crippen LogP contribution < -0.4 is 10.6 Å². The van der Waals surface area contributed by atoms with E-state index in [9.17, 15) is 0 Å². The molecule has 0 amide bonds. The minimum absolute atomic E-state index is 0.362. The molecule has 0 unspecified atom stereocenters. The quantitative estimate of drug-likeness (QED) is 0.715. The number of hydrogen-bond donors (Lipinski definition) is 1. The van der Waals surface area contributed by atoms with Crippen LogP contribution in [0.2, 0.25) is 0 Å². The van der Waals surface area contributed by atoms with Crippen LogP contribution in [-0.2, 0) is 6.42 Å². The molecule has 5 rings (SSSR count). The average molecular weight is 405 g/mol. The summed E-state index contributed by atoms with van der Waals surface area (Å²) in [5, 5.41) is 1.10. The van der Waals surface area contributed by atoms with E-state index in [-0.39, 0.29) is 0 Å². The minimum atomic E-state index is 0.362. The molecule has 2 aliphatic rings. The maximum Gasteiger partial charge on any atom is 0.221 e. The number of nitrogens with zero attached hydrogens (tertiary/aromatic N) is 5. The molecular formula is C24H32N6. The van der Waals surface area contributed by atoms with Gasteiger partial charge >= 0.3 is 0 Å². The van der Waals surface area contributed by atoms with Gasteiger partial charge in [0.2, 0.25) is 5.95 Å². The van der Waals surface area contributed by atoms with Crippen molar-refractivity contribution in [2.24, 2.45) is 0 Å². The monoisotopic (exact) mass is 404 g/mol. The maximum atomic E-state index is 5.94. The van der Waals surface area contributed by atoms with E-state index in [0.717, 1.165) is 43.6 Å². The van der Waals surface area contributed by atoms with E-state index in [1.54, 1.807) is 0 Å². The lowest BCUT2D eigenvalue weighted by molar-refractivity contribution is 0.313. The van der Waals surface area contributed by atoms with Gasteiger partial charge in [0.1, 0.15) is 5.65 Å². The van der Waals surface area contributed by atoms with Crippen LogP contribution in [0.25, 0.3) is 11.0 Å². The predicted octanol–water partition coefficient (Wildman–Crippen LogP) is 3.86. The molecule has 3 heterocycles. The van der Waals surface area contributed by atoms with Gasteiger partial charge in [-0.15, -0.1) is 0 Å². The highest BCUT2D eigenvalue weighted by atomic mass is 15.2. The summed E-state index contributed by atoms with van der Waals surface area (Å²) in [6.45, 7) is 4.47. The summed E-state index contributed by atoms with van der Waals surface area (Å²) in [6.07, 6.45) is 9.17. The fourth-order valence-electron chi connectivity index (χ4n) is 5.06. The highest BCUT2D eigenvalue weighted by Crippen LogP contribution is 2.34. The Hall–Kier alpha value is -2.60. The van der Waals surface area contributed by atoms with Gasteiger partial charge in [0.05, 0.1) is 0 Å². The first kappa shape index (κ1) is 19.4. The Morgan fingerprint density at radius 1 is 1.00 bits per heavy atom. The van der Waals surface area contributed by atoms with Crippen molar-refractivity contribution in [3.63, 3.8) is 0 Å². The first-order valence-corrected chi connectivity index (χ1v) is 11.3. The van der Waals surface area contributed by atoms with Crippen molar-refractivity contribution in [3.8, 4) is 0 Å². The number of benzene rings is 1. The second-order valence-electron chi connectivity index (χ2n) is 8.94. The molecule has 2 N–H and O–H groups in total. The van der Waals surface area contributed by atoms with Crippen molar-refractivity contribution in [1.82, 2.24) is 19.4 Å². The number of nitrogens with two attached hydrogens (primary N) is 1. The van der Waals surface area contributed by atoms with Crippen molar-refractivity contribution in [2.45, 2.75) is 44.6 Å². The van der Waals surface area contributed by atoms with Crippen molar-refractivity contribution >= 4 is 22.7 Å². The summed E-state index contributed by atoms with van der Waals surface area (Å²) in [5.74, 6) is 0.362. The fraction of sp³-hybridized carbons (Fsp3) is 0.500. The lowest BCUT2D eigenvalue weighted by Gasteiger charge is -2.34. The third-order valence-corrected chi connectivity index (χ3v) is 6.80. The molecule has 2 aromatic heterocycles. The van der Waals surface area contributed by atoms with E-state index in [4.69, 9.17) is 5.73 Å². The summed E-state index contributed by atoms with van der Waals surface area (Å²) in [6, 6.07) is 11.9. The van der Waals surface area contributed by atoms with Crippen molar-refractivity contribution in [1.29, 1.82) is 0 Å². The minimum Gasteiger partial charge on any atom is -0.369 e. The van der Waals surface area contributed by atoms with Crippen molar-refractivity contribution in [2.75, 3.05) is 43.9 Å². The van der Waals surface area contributed by atoms with Crippen LogP contribution in [0.15, 0.2) is 36.5 Å². The fourth-order valence-corrected chi connectivity index (χ4v) is 5.06. The molecule has 0 radical (unpaired) electrons. The van der Waals surface area contributed by atoms with Crippen molar-refractivity contribution < 1.29 is 0 Å². The number of piperazine rings is 1. The molecule has 6 nitrogen and oxygen atoms in total. The third-order valence-electron chi connectivity index (χ3n) is 6.80. The Morgan fingerprint density at radius 3 is 2.47 bits per heavy atom. The number of aromatic nitrogens is 3. The summed E-state index contributed by atoms with van der Waals surface area (Å²) in [5.41, 5.74) is 10.9. The zero-order chi connectivity index (χ0) is 20.5. The van der Waals surface area contributed by atoms with Gasteiger partial charge in [0, 0.05) is 61.6 Å². The van der Waals surface area contributed by atoms with Crippen LogP contribution in [0, 0.1) is 0 Å². The highest BCUT2D eigenvalue weighted by Gasteiger charge is 2.22. The molecular weight excluding hydrogens is 372 g/mol. The zero-order valence-corrected chi connectivity index (χ0v) is 17.9. The van der Waals surface area contributed by atoms with Gasteiger partial charge in [-0.25, -0.2) is 4.98 Å². The smallest absolute Gasteiger partial charge is 0.221 e. The molecule has 2 fully saturated rings. The topological polar surface area (TPSA) is 63.2 Å². The van der Waals surface area contributed by atoms with E-state index < -0.39 is 0 Å². The molecule has 0 atom stereocenters. The van der Waals surface area contributed by atoms with Crippen molar-refractivity contribution in [3.05, 3.63) is 47.8 Å². The standard InChI is InChI=1S/C24H32N6/c1-28-11-13-29(14-12-28)20-9-7-18(8-10-20)15-22-16-19-17-26-24(25)27-23(19)30(22)21-5-3-2-4-6-21/h7-10,16-17,21H,2-6,11-15H2,1H3,(H2,25,26,27). The maximum absolute atomic E-state index is 5.94. The number of rotatable bonds is 4. The normalized spacial score (nSPS) is 18.9. The SMILES string of the molecule is CN1CCN(c2ccc(Cc3cc4cnc(N)nc4n3C3CCCCC3)cc2)CC1. The molecule has 6 heteroatoms. The second-order valence-corrected chi connectivity index (χ2v) is 8.94. The summed E-state index contributed by atoms with van der Waals surface area (Å²) in [4.78, 5) is 13.7. The number of hydrogen-bond acceptors (Lipinski definition) is 5. The van der Waals surface area contributed by atoms with Gasteiger partial charge in [0.25, 0.3) is 0 Å². The Labute approximate surface area is 178 Å². The van der Waals surface area contributed by atoms with Crippen LogP contribution in [0.3, 0.4) is 0 Å². The number of fused-ring (bicyclic) bond motifs is 1. The second kappa shape index (κ2) is 8.26. The van der Waals surface area contributed by atoms with E-state index in [2.05, 4.69) is 61.7 Å². The lowest BCUT2D eigenvalue weighted by Crippen LogP contribution is -2.44. The Bertz CT molecular complexity index is 994. The molecule has 1 aliphatic carbocycles. The van der Waals surface area contributed by atoms with Gasteiger partial charge in [-0.3, -0.25) is 0 Å². The number of anilines is 2. The van der Waals surface area contributed by atoms with E-state index in [1.807, 2.05) is 6.20 Å². The van der Waals surface area contributed by atoms with Crippen LogP contribution in [-0.4, -0.2) is 52.7 Å². The largest absolute Gasteiger partial charge is 0.369 e. The molecule has 0 bridgehead atoms. The van der Waals surface area contributed by atoms with Gasteiger partial charge < -0.3 is 20.1 Å². The Kier molecular flexibility index (Phi) is 5.34. The van der Waals surface area contributed by atoms with Crippen LogP contribution in [0.1, 0.15) is 49.4 Å². The first-order chi connectivity index (χ1) is 14.7. The van der Waals surface area contributed by atoms with Gasteiger partial charge in [0.15, 0.2) is 0 Å². The van der Waals surface area contributed by atoms with Crippen LogP contribution in [0.4, 0.5) is 11.6 Å². The Morgan fingerprint density at radius 2 is 1.73 bits per heavy atom.